The van der Waals surface area contributed by atoms with E-state index in [2.05, 4.69) is 15.4 Å². The van der Waals surface area contributed by atoms with Crippen LogP contribution >= 0.6 is 11.3 Å². The average molecular weight is 340 g/mol. The molecule has 1 saturated heterocycles. The van der Waals surface area contributed by atoms with Crippen molar-refractivity contribution in [2.45, 2.75) is 12.5 Å². The lowest BCUT2D eigenvalue weighted by Crippen LogP contribution is -2.12. The van der Waals surface area contributed by atoms with Crippen LogP contribution in [0.15, 0.2) is 48.1 Å². The molecular weight excluding hydrogens is 324 g/mol. The largest absolute Gasteiger partial charge is 0.379 e. The summed E-state index contributed by atoms with van der Waals surface area (Å²) >= 11 is 1.46. The predicted molar refractivity (Wildman–Crippen MR) is 92.2 cm³/mol. The number of hydrogen-bond donors (Lipinski definition) is 1. The molecule has 3 heterocycles. The van der Waals surface area contributed by atoms with Gasteiger partial charge in [0.1, 0.15) is 10.7 Å². The summed E-state index contributed by atoms with van der Waals surface area (Å²) in [5.41, 5.74) is 2.09. The molecule has 6 nitrogen and oxygen atoms in total. The molecule has 0 spiro atoms. The monoisotopic (exact) mass is 340 g/mol. The van der Waals surface area contributed by atoms with Gasteiger partial charge in [-0.25, -0.2) is 4.98 Å². The Balaban J connectivity index is 1.46. The Morgan fingerprint density at radius 2 is 2.21 bits per heavy atom. The molecule has 24 heavy (non-hydrogen) atoms. The lowest BCUT2D eigenvalue weighted by atomic mass is 10.2. The van der Waals surface area contributed by atoms with E-state index in [-0.39, 0.29) is 11.9 Å². The van der Waals surface area contributed by atoms with Crippen molar-refractivity contribution in [3.8, 4) is 10.6 Å². The van der Waals surface area contributed by atoms with Gasteiger partial charge in [0.05, 0.1) is 24.5 Å². The Bertz CT molecular complexity index is 837. The van der Waals surface area contributed by atoms with Gasteiger partial charge in [0.15, 0.2) is 0 Å². The van der Waals surface area contributed by atoms with Crippen LogP contribution in [0.3, 0.4) is 0 Å². The number of aromatic nitrogens is 3. The quantitative estimate of drug-likeness (QED) is 0.792. The van der Waals surface area contributed by atoms with E-state index in [1.54, 1.807) is 11.6 Å². The van der Waals surface area contributed by atoms with Crippen LogP contribution in [0, 0.1) is 0 Å². The Morgan fingerprint density at radius 3 is 3.00 bits per heavy atom. The topological polar surface area (TPSA) is 69.0 Å². The molecule has 122 valence electrons. The summed E-state index contributed by atoms with van der Waals surface area (Å²) in [5.74, 6) is -0.226. The zero-order chi connectivity index (χ0) is 16.4. The number of carbonyl (C=O) groups is 1. The van der Waals surface area contributed by atoms with Crippen molar-refractivity contribution in [2.24, 2.45) is 0 Å². The normalized spacial score (nSPS) is 17.1. The van der Waals surface area contributed by atoms with Crippen LogP contribution in [-0.2, 0) is 4.74 Å². The first kappa shape index (κ1) is 15.0. The fraction of sp³-hybridized carbons (Fsp3) is 0.235. The summed E-state index contributed by atoms with van der Waals surface area (Å²) in [7, 11) is 0. The highest BCUT2D eigenvalue weighted by atomic mass is 32.1. The molecule has 1 aliphatic heterocycles. The van der Waals surface area contributed by atoms with Gasteiger partial charge in [-0.2, -0.15) is 5.10 Å². The second-order valence-electron chi connectivity index (χ2n) is 5.58. The average Bonchev–Trinajstić information content (AvgIpc) is 3.36. The molecular formula is C17H16N4O2S. The van der Waals surface area contributed by atoms with Crippen LogP contribution in [0.25, 0.3) is 10.6 Å². The maximum Gasteiger partial charge on any atom is 0.275 e. The molecule has 4 rings (SSSR count). The van der Waals surface area contributed by atoms with E-state index in [0.717, 1.165) is 23.6 Å². The molecule has 0 aliphatic carbocycles. The summed E-state index contributed by atoms with van der Waals surface area (Å²) < 4.78 is 7.21. The van der Waals surface area contributed by atoms with Crippen molar-refractivity contribution in [3.63, 3.8) is 0 Å². The number of nitrogens with one attached hydrogen (secondary N) is 1. The molecule has 2 aromatic heterocycles. The third kappa shape index (κ3) is 3.08. The summed E-state index contributed by atoms with van der Waals surface area (Å²) in [6.45, 7) is 1.43. The molecule has 7 heteroatoms. The smallest absolute Gasteiger partial charge is 0.275 e. The number of thiazole rings is 1. The van der Waals surface area contributed by atoms with Gasteiger partial charge in [0, 0.05) is 23.7 Å². The van der Waals surface area contributed by atoms with Crippen LogP contribution in [0.1, 0.15) is 23.0 Å². The van der Waals surface area contributed by atoms with Gasteiger partial charge >= 0.3 is 0 Å². The molecule has 0 saturated carbocycles. The van der Waals surface area contributed by atoms with Crippen LogP contribution in [0.5, 0.6) is 0 Å². The lowest BCUT2D eigenvalue weighted by Gasteiger charge is -2.06. The van der Waals surface area contributed by atoms with Crippen LogP contribution < -0.4 is 5.32 Å². The second-order valence-corrected chi connectivity index (χ2v) is 6.44. The Labute approximate surface area is 143 Å². The van der Waals surface area contributed by atoms with Crippen molar-refractivity contribution in [1.29, 1.82) is 0 Å². The maximum atomic E-state index is 12.4. The molecule has 0 bridgehead atoms. The van der Waals surface area contributed by atoms with Gasteiger partial charge in [-0.15, -0.1) is 11.3 Å². The highest BCUT2D eigenvalue weighted by Crippen LogP contribution is 2.24. The molecule has 1 amide bonds. The van der Waals surface area contributed by atoms with Gasteiger partial charge in [-0.05, 0) is 6.42 Å². The summed E-state index contributed by atoms with van der Waals surface area (Å²) in [4.78, 5) is 16.8. The van der Waals surface area contributed by atoms with E-state index in [0.29, 0.717) is 18.0 Å². The molecule has 1 atom stereocenters. The first-order valence-electron chi connectivity index (χ1n) is 7.74. The number of ether oxygens (including phenoxy) is 1. The highest BCUT2D eigenvalue weighted by molar-refractivity contribution is 7.13. The fourth-order valence-electron chi connectivity index (χ4n) is 2.62. The van der Waals surface area contributed by atoms with Crippen molar-refractivity contribution in [1.82, 2.24) is 14.8 Å². The van der Waals surface area contributed by atoms with Gasteiger partial charge in [-0.3, -0.25) is 9.48 Å². The van der Waals surface area contributed by atoms with Gasteiger partial charge < -0.3 is 10.1 Å². The second kappa shape index (κ2) is 6.54. The lowest BCUT2D eigenvalue weighted by molar-refractivity contribution is 0.102. The third-order valence-electron chi connectivity index (χ3n) is 3.90. The molecule has 0 radical (unpaired) electrons. The van der Waals surface area contributed by atoms with Gasteiger partial charge in [-0.1, -0.05) is 30.3 Å². The number of hydrogen-bond acceptors (Lipinski definition) is 5. The van der Waals surface area contributed by atoms with Crippen LogP contribution in [0.4, 0.5) is 5.69 Å². The van der Waals surface area contributed by atoms with Crippen molar-refractivity contribution in [3.05, 3.63) is 53.8 Å². The Kier molecular flexibility index (Phi) is 4.10. The summed E-state index contributed by atoms with van der Waals surface area (Å²) in [6.07, 6.45) is 4.43. The first-order chi connectivity index (χ1) is 11.8. The zero-order valence-corrected chi connectivity index (χ0v) is 13.7. The number of amides is 1. The van der Waals surface area contributed by atoms with E-state index in [9.17, 15) is 4.79 Å². The van der Waals surface area contributed by atoms with Crippen LogP contribution in [-0.4, -0.2) is 33.9 Å². The molecule has 1 aliphatic rings. The van der Waals surface area contributed by atoms with E-state index in [1.807, 2.05) is 41.2 Å². The SMILES string of the molecule is O=C(Nc1cnn([C@H]2CCOC2)c1)c1csc(-c2ccccc2)n1. The maximum absolute atomic E-state index is 12.4. The molecule has 1 N–H and O–H groups in total. The van der Waals surface area contributed by atoms with Crippen molar-refractivity contribution < 1.29 is 9.53 Å². The number of carbonyl (C=O) groups excluding carboxylic acids is 1. The highest BCUT2D eigenvalue weighted by Gasteiger charge is 2.19. The fourth-order valence-corrected chi connectivity index (χ4v) is 3.43. The number of benzene rings is 1. The number of anilines is 1. The molecule has 1 fully saturated rings. The third-order valence-corrected chi connectivity index (χ3v) is 4.79. The predicted octanol–water partition coefficient (Wildman–Crippen LogP) is 3.22. The molecule has 3 aromatic rings. The van der Waals surface area contributed by atoms with E-state index in [1.165, 1.54) is 11.3 Å². The van der Waals surface area contributed by atoms with Crippen LogP contribution in [0.2, 0.25) is 0 Å². The van der Waals surface area contributed by atoms with E-state index >= 15 is 0 Å². The Hall–Kier alpha value is -2.51. The minimum Gasteiger partial charge on any atom is -0.379 e. The summed E-state index contributed by atoms with van der Waals surface area (Å²) in [5, 5.41) is 9.75. The number of nitrogens with zero attached hydrogens (tertiary/aromatic N) is 3. The number of rotatable bonds is 4. The van der Waals surface area contributed by atoms with E-state index in [4.69, 9.17) is 4.74 Å². The van der Waals surface area contributed by atoms with Gasteiger partial charge in [0.25, 0.3) is 5.91 Å². The first-order valence-corrected chi connectivity index (χ1v) is 8.62. The van der Waals surface area contributed by atoms with E-state index < -0.39 is 0 Å². The minimum atomic E-state index is -0.226. The standard InChI is InChI=1S/C17H16N4O2S/c22-16(15-11-24-17(20-15)12-4-2-1-3-5-12)19-13-8-18-21(9-13)14-6-7-23-10-14/h1-5,8-9,11,14H,6-7,10H2,(H,19,22)/t14-/m0/s1. The Morgan fingerprint density at radius 1 is 1.33 bits per heavy atom. The minimum absolute atomic E-state index is 0.226. The van der Waals surface area contributed by atoms with Gasteiger partial charge in [0.2, 0.25) is 0 Å². The molecule has 0 unspecified atom stereocenters. The zero-order valence-electron chi connectivity index (χ0n) is 12.9. The molecule has 1 aromatic carbocycles. The summed E-state index contributed by atoms with van der Waals surface area (Å²) in [6, 6.07) is 10.1. The van der Waals surface area contributed by atoms with Crippen molar-refractivity contribution >= 4 is 22.9 Å². The van der Waals surface area contributed by atoms with Crippen molar-refractivity contribution in [2.75, 3.05) is 18.5 Å².